The summed E-state index contributed by atoms with van der Waals surface area (Å²) in [5, 5.41) is 0. The number of hydrogen-bond acceptors (Lipinski definition) is 2. The van der Waals surface area contributed by atoms with Crippen LogP contribution in [-0.4, -0.2) is 43.4 Å². The SMILES string of the molecule is FC(F)(F)C(F)(F)C(F)(F)C(F)(F)CCCCCCCOC1CCCO1. The van der Waals surface area contributed by atoms with Crippen molar-refractivity contribution in [1.29, 1.82) is 0 Å². The summed E-state index contributed by atoms with van der Waals surface area (Å²) in [6.07, 6.45) is -6.25. The summed E-state index contributed by atoms with van der Waals surface area (Å²) in [5.74, 6) is -18.8. The first kappa shape index (κ1) is 23.3. The molecule has 1 saturated heterocycles. The average molecular weight is 404 g/mol. The molecule has 0 saturated carbocycles. The molecule has 0 spiro atoms. The largest absolute Gasteiger partial charge is 0.460 e. The van der Waals surface area contributed by atoms with Gasteiger partial charge >= 0.3 is 23.9 Å². The third kappa shape index (κ3) is 5.64. The lowest BCUT2D eigenvalue weighted by atomic mass is 9.98. The van der Waals surface area contributed by atoms with Crippen molar-refractivity contribution in [3.63, 3.8) is 0 Å². The van der Waals surface area contributed by atoms with Gasteiger partial charge in [0.15, 0.2) is 6.29 Å². The van der Waals surface area contributed by atoms with E-state index < -0.39 is 36.8 Å². The number of hydrogen-bond donors (Lipinski definition) is 0. The third-order valence-corrected chi connectivity index (χ3v) is 4.04. The van der Waals surface area contributed by atoms with Crippen LogP contribution >= 0.6 is 0 Å². The van der Waals surface area contributed by atoms with Crippen molar-refractivity contribution in [2.24, 2.45) is 0 Å². The summed E-state index contributed by atoms with van der Waals surface area (Å²) >= 11 is 0. The van der Waals surface area contributed by atoms with E-state index in [1.54, 1.807) is 0 Å². The number of halogens is 9. The van der Waals surface area contributed by atoms with Crippen LogP contribution in [0.4, 0.5) is 39.5 Å². The van der Waals surface area contributed by atoms with Crippen LogP contribution in [0.5, 0.6) is 0 Å². The minimum absolute atomic E-state index is 0.00316. The van der Waals surface area contributed by atoms with E-state index in [1.165, 1.54) is 0 Å². The molecule has 156 valence electrons. The summed E-state index contributed by atoms with van der Waals surface area (Å²) in [4.78, 5) is 0. The van der Waals surface area contributed by atoms with Crippen molar-refractivity contribution in [3.05, 3.63) is 0 Å². The molecule has 1 atom stereocenters. The van der Waals surface area contributed by atoms with Crippen molar-refractivity contribution in [1.82, 2.24) is 0 Å². The molecule has 0 aliphatic carbocycles. The van der Waals surface area contributed by atoms with Gasteiger partial charge in [0.2, 0.25) is 0 Å². The standard InChI is InChI=1S/C15H21F9O2/c16-12(17,13(18,19)14(20,21)15(22,23)24)8-4-2-1-3-5-9-25-11-7-6-10-26-11/h11H,1-10H2. The molecule has 11 heteroatoms. The summed E-state index contributed by atoms with van der Waals surface area (Å²) in [6.45, 7) is 0.994. The highest BCUT2D eigenvalue weighted by atomic mass is 19.4. The first-order valence-electron chi connectivity index (χ1n) is 8.26. The van der Waals surface area contributed by atoms with Crippen LogP contribution < -0.4 is 0 Å². The minimum atomic E-state index is -6.80. The van der Waals surface area contributed by atoms with Crippen LogP contribution in [-0.2, 0) is 9.47 Å². The van der Waals surface area contributed by atoms with Crippen LogP contribution in [0.15, 0.2) is 0 Å². The number of unbranched alkanes of at least 4 members (excludes halogenated alkanes) is 4. The Hall–Kier alpha value is -0.710. The maximum atomic E-state index is 13.3. The van der Waals surface area contributed by atoms with Gasteiger partial charge in [0.25, 0.3) is 0 Å². The maximum absolute atomic E-state index is 13.3. The summed E-state index contributed by atoms with van der Waals surface area (Å²) in [6, 6.07) is 0. The Labute approximate surface area is 145 Å². The zero-order valence-corrected chi connectivity index (χ0v) is 13.9. The Kier molecular flexibility index (Phi) is 8.06. The molecule has 1 aliphatic heterocycles. The monoisotopic (exact) mass is 404 g/mol. The van der Waals surface area contributed by atoms with Crippen molar-refractivity contribution in [3.8, 4) is 0 Å². The lowest BCUT2D eigenvalue weighted by molar-refractivity contribution is -0.396. The molecule has 1 unspecified atom stereocenters. The Morgan fingerprint density at radius 2 is 1.35 bits per heavy atom. The van der Waals surface area contributed by atoms with Gasteiger partial charge in [0.05, 0.1) is 0 Å². The predicted octanol–water partition coefficient (Wildman–Crippen LogP) is 5.95. The maximum Gasteiger partial charge on any atom is 0.460 e. The van der Waals surface area contributed by atoms with E-state index in [-0.39, 0.29) is 12.7 Å². The van der Waals surface area contributed by atoms with E-state index in [1.807, 2.05) is 0 Å². The van der Waals surface area contributed by atoms with E-state index in [2.05, 4.69) is 0 Å². The van der Waals surface area contributed by atoms with Gasteiger partial charge in [-0.05, 0) is 19.3 Å². The summed E-state index contributed by atoms with van der Waals surface area (Å²) in [7, 11) is 0. The molecule has 0 bridgehead atoms. The fourth-order valence-corrected chi connectivity index (χ4v) is 2.44. The Morgan fingerprint density at radius 1 is 0.769 bits per heavy atom. The van der Waals surface area contributed by atoms with Gasteiger partial charge in [0, 0.05) is 26.1 Å². The fourth-order valence-electron chi connectivity index (χ4n) is 2.44. The molecule has 2 nitrogen and oxygen atoms in total. The van der Waals surface area contributed by atoms with Crippen LogP contribution in [0.1, 0.15) is 51.4 Å². The van der Waals surface area contributed by atoms with Gasteiger partial charge in [0.1, 0.15) is 0 Å². The Bertz CT molecular complexity index is 418. The zero-order valence-electron chi connectivity index (χ0n) is 13.9. The molecule has 0 aromatic heterocycles. The van der Waals surface area contributed by atoms with Gasteiger partial charge in [-0.15, -0.1) is 0 Å². The molecule has 1 aliphatic rings. The van der Waals surface area contributed by atoms with Crippen molar-refractivity contribution >= 4 is 0 Å². The summed E-state index contributed by atoms with van der Waals surface area (Å²) in [5.41, 5.74) is 0. The molecular formula is C15H21F9O2. The fraction of sp³-hybridized carbons (Fsp3) is 1.00. The molecule has 0 N–H and O–H groups in total. The van der Waals surface area contributed by atoms with E-state index in [9.17, 15) is 39.5 Å². The molecular weight excluding hydrogens is 383 g/mol. The van der Waals surface area contributed by atoms with E-state index in [0.29, 0.717) is 32.5 Å². The molecule has 0 radical (unpaired) electrons. The molecule has 1 rings (SSSR count). The highest BCUT2D eigenvalue weighted by Gasteiger charge is 2.81. The van der Waals surface area contributed by atoms with E-state index in [0.717, 1.165) is 12.8 Å². The second kappa shape index (κ2) is 8.99. The highest BCUT2D eigenvalue weighted by molar-refractivity contribution is 5.00. The molecule has 1 fully saturated rings. The topological polar surface area (TPSA) is 18.5 Å². The van der Waals surface area contributed by atoms with Gasteiger partial charge in [-0.2, -0.15) is 39.5 Å². The Balaban J connectivity index is 2.27. The number of rotatable bonds is 11. The minimum Gasteiger partial charge on any atom is -0.353 e. The van der Waals surface area contributed by atoms with Crippen LogP contribution in [0.2, 0.25) is 0 Å². The van der Waals surface area contributed by atoms with Crippen molar-refractivity contribution < 1.29 is 49.0 Å². The smallest absolute Gasteiger partial charge is 0.353 e. The van der Waals surface area contributed by atoms with Gasteiger partial charge in [-0.3, -0.25) is 0 Å². The lowest BCUT2D eigenvalue weighted by Gasteiger charge is -2.33. The molecule has 0 amide bonds. The van der Waals surface area contributed by atoms with Gasteiger partial charge in [-0.25, -0.2) is 0 Å². The quantitative estimate of drug-likeness (QED) is 0.313. The van der Waals surface area contributed by atoms with Crippen molar-refractivity contribution in [2.75, 3.05) is 13.2 Å². The predicted molar refractivity (Wildman–Crippen MR) is 73.5 cm³/mol. The molecule has 0 aromatic rings. The van der Waals surface area contributed by atoms with Crippen LogP contribution in [0, 0.1) is 0 Å². The normalized spacial score (nSPS) is 20.0. The van der Waals surface area contributed by atoms with E-state index >= 15 is 0 Å². The molecule has 0 aromatic carbocycles. The number of alkyl halides is 9. The third-order valence-electron chi connectivity index (χ3n) is 4.04. The van der Waals surface area contributed by atoms with E-state index in [4.69, 9.17) is 9.47 Å². The average Bonchev–Trinajstić information content (AvgIpc) is 3.01. The van der Waals surface area contributed by atoms with Crippen LogP contribution in [0.25, 0.3) is 0 Å². The van der Waals surface area contributed by atoms with Crippen molar-refractivity contribution in [2.45, 2.75) is 81.6 Å². The number of ether oxygens (including phenoxy) is 2. The first-order valence-corrected chi connectivity index (χ1v) is 8.26. The molecule has 1 heterocycles. The first-order chi connectivity index (χ1) is 11.8. The lowest BCUT2D eigenvalue weighted by Crippen LogP contribution is -2.60. The van der Waals surface area contributed by atoms with Crippen LogP contribution in [0.3, 0.4) is 0 Å². The zero-order chi connectivity index (χ0) is 20.1. The summed E-state index contributed by atoms with van der Waals surface area (Å²) < 4.78 is 124. The van der Waals surface area contributed by atoms with Gasteiger partial charge < -0.3 is 9.47 Å². The second-order valence-electron chi connectivity index (χ2n) is 6.18. The second-order valence-corrected chi connectivity index (χ2v) is 6.18. The molecule has 26 heavy (non-hydrogen) atoms. The van der Waals surface area contributed by atoms with Gasteiger partial charge in [-0.1, -0.05) is 19.3 Å². The highest BCUT2D eigenvalue weighted by Crippen LogP contribution is 2.54. The Morgan fingerprint density at radius 3 is 1.88 bits per heavy atom.